The quantitative estimate of drug-likeness (QED) is 0.895. The lowest BCUT2D eigenvalue weighted by molar-refractivity contribution is -0.110. The van der Waals surface area contributed by atoms with Crippen LogP contribution < -0.4 is 5.73 Å². The van der Waals surface area contributed by atoms with Gasteiger partial charge in [0.2, 0.25) is 0 Å². The molecule has 0 spiro atoms. The van der Waals surface area contributed by atoms with Crippen LogP contribution in [0.15, 0.2) is 18.2 Å². The lowest BCUT2D eigenvalue weighted by Gasteiger charge is -2.49. The summed E-state index contributed by atoms with van der Waals surface area (Å²) in [6.45, 7) is 2.71. The molecule has 2 aliphatic rings. The third kappa shape index (κ3) is 2.13. The van der Waals surface area contributed by atoms with Gasteiger partial charge in [-0.3, -0.25) is 0 Å². The molecule has 3 N–H and O–H groups in total. The number of hydrogen-bond acceptors (Lipinski definition) is 2. The number of aliphatic hydroxyl groups is 1. The Bertz CT molecular complexity index is 522. The molecule has 2 aliphatic carbocycles. The molecule has 1 aromatic rings. The van der Waals surface area contributed by atoms with Crippen molar-refractivity contribution in [2.75, 3.05) is 6.54 Å². The fraction of sp³-hybridized carbons (Fsp3) is 0.667. The number of benzene rings is 1. The Labute approximate surface area is 126 Å². The largest absolute Gasteiger partial charge is 0.385 e. The number of halogens is 1. The number of nitrogens with two attached hydrogens (primary N) is 1. The van der Waals surface area contributed by atoms with Gasteiger partial charge in [-0.1, -0.05) is 25.5 Å². The van der Waals surface area contributed by atoms with Crippen LogP contribution in [0.1, 0.15) is 56.6 Å². The second kappa shape index (κ2) is 5.36. The van der Waals surface area contributed by atoms with Crippen LogP contribution in [0.25, 0.3) is 0 Å². The van der Waals surface area contributed by atoms with Crippen molar-refractivity contribution < 1.29 is 9.50 Å². The van der Waals surface area contributed by atoms with E-state index in [-0.39, 0.29) is 11.2 Å². The Morgan fingerprint density at radius 1 is 1.29 bits per heavy atom. The Kier molecular flexibility index (Phi) is 3.83. The van der Waals surface area contributed by atoms with Gasteiger partial charge in [-0.25, -0.2) is 4.39 Å². The summed E-state index contributed by atoms with van der Waals surface area (Å²) in [7, 11) is 0. The molecule has 1 saturated carbocycles. The minimum atomic E-state index is -0.947. The molecule has 0 aromatic heterocycles. The summed E-state index contributed by atoms with van der Waals surface area (Å²) in [5, 5.41) is 11.5. The molecule has 1 atom stereocenters. The maximum atomic E-state index is 14.0. The van der Waals surface area contributed by atoms with Crippen LogP contribution in [0.4, 0.5) is 4.39 Å². The van der Waals surface area contributed by atoms with Gasteiger partial charge in [-0.2, -0.15) is 0 Å². The highest BCUT2D eigenvalue weighted by atomic mass is 19.1. The van der Waals surface area contributed by atoms with Crippen LogP contribution in [0, 0.1) is 17.2 Å². The van der Waals surface area contributed by atoms with Gasteiger partial charge >= 0.3 is 0 Å². The number of rotatable bonds is 3. The van der Waals surface area contributed by atoms with Crippen molar-refractivity contribution in [2.24, 2.45) is 17.1 Å². The first-order chi connectivity index (χ1) is 10.1. The summed E-state index contributed by atoms with van der Waals surface area (Å²) >= 11 is 0. The highest BCUT2D eigenvalue weighted by Crippen LogP contribution is 2.56. The topological polar surface area (TPSA) is 46.2 Å². The van der Waals surface area contributed by atoms with Gasteiger partial charge in [0.15, 0.2) is 0 Å². The summed E-state index contributed by atoms with van der Waals surface area (Å²) in [5.41, 5.74) is 6.40. The second-order valence-corrected chi connectivity index (χ2v) is 6.96. The molecular formula is C18H26FNO. The van der Waals surface area contributed by atoms with Crippen molar-refractivity contribution in [1.29, 1.82) is 0 Å². The second-order valence-electron chi connectivity index (χ2n) is 6.96. The van der Waals surface area contributed by atoms with Crippen LogP contribution in [-0.4, -0.2) is 11.7 Å². The minimum Gasteiger partial charge on any atom is -0.385 e. The number of hydrogen-bond donors (Lipinski definition) is 2. The molecule has 0 amide bonds. The SMILES string of the molecule is CCC1CCC(CN)(C2(O)CCc3c(F)cccc32)CC1. The monoisotopic (exact) mass is 291 g/mol. The van der Waals surface area contributed by atoms with Crippen molar-refractivity contribution in [3.63, 3.8) is 0 Å². The Balaban J connectivity index is 1.98. The lowest BCUT2D eigenvalue weighted by atomic mass is 9.59. The fourth-order valence-electron chi connectivity index (χ4n) is 4.62. The molecule has 1 fully saturated rings. The summed E-state index contributed by atoms with van der Waals surface area (Å²) in [6.07, 6.45) is 6.59. The van der Waals surface area contributed by atoms with E-state index in [1.54, 1.807) is 6.07 Å². The van der Waals surface area contributed by atoms with Gasteiger partial charge in [0.05, 0.1) is 5.60 Å². The molecular weight excluding hydrogens is 265 g/mol. The molecule has 0 radical (unpaired) electrons. The van der Waals surface area contributed by atoms with Gasteiger partial charge in [0.25, 0.3) is 0 Å². The van der Waals surface area contributed by atoms with Crippen molar-refractivity contribution in [2.45, 2.75) is 57.5 Å². The van der Waals surface area contributed by atoms with Crippen LogP contribution in [-0.2, 0) is 12.0 Å². The van der Waals surface area contributed by atoms with Crippen molar-refractivity contribution in [3.05, 3.63) is 35.1 Å². The maximum Gasteiger partial charge on any atom is 0.126 e. The van der Waals surface area contributed by atoms with E-state index in [9.17, 15) is 9.50 Å². The molecule has 1 aromatic carbocycles. The molecule has 21 heavy (non-hydrogen) atoms. The van der Waals surface area contributed by atoms with Crippen molar-refractivity contribution in [3.8, 4) is 0 Å². The summed E-state index contributed by atoms with van der Waals surface area (Å²) in [4.78, 5) is 0. The van der Waals surface area contributed by atoms with E-state index in [2.05, 4.69) is 6.92 Å². The number of fused-ring (bicyclic) bond motifs is 1. The smallest absolute Gasteiger partial charge is 0.126 e. The third-order valence-corrected chi connectivity index (χ3v) is 6.21. The molecule has 0 bridgehead atoms. The van der Waals surface area contributed by atoms with Crippen LogP contribution in [0.2, 0.25) is 0 Å². The molecule has 116 valence electrons. The van der Waals surface area contributed by atoms with E-state index >= 15 is 0 Å². The van der Waals surface area contributed by atoms with Crippen LogP contribution in [0.5, 0.6) is 0 Å². The lowest BCUT2D eigenvalue weighted by Crippen LogP contribution is -2.51. The van der Waals surface area contributed by atoms with Gasteiger partial charge in [0.1, 0.15) is 5.82 Å². The zero-order chi connectivity index (χ0) is 15.1. The van der Waals surface area contributed by atoms with Gasteiger partial charge in [-0.15, -0.1) is 0 Å². The first-order valence-electron chi connectivity index (χ1n) is 8.26. The zero-order valence-corrected chi connectivity index (χ0v) is 12.9. The molecule has 0 saturated heterocycles. The molecule has 0 heterocycles. The van der Waals surface area contributed by atoms with E-state index in [4.69, 9.17) is 5.73 Å². The van der Waals surface area contributed by atoms with Gasteiger partial charge < -0.3 is 10.8 Å². The highest BCUT2D eigenvalue weighted by Gasteiger charge is 2.54. The van der Waals surface area contributed by atoms with E-state index < -0.39 is 5.60 Å². The molecule has 2 nitrogen and oxygen atoms in total. The average Bonchev–Trinajstić information content (AvgIpc) is 2.88. The summed E-state index contributed by atoms with van der Waals surface area (Å²) < 4.78 is 14.0. The summed E-state index contributed by atoms with van der Waals surface area (Å²) in [6, 6.07) is 5.11. The molecule has 1 unspecified atom stereocenters. The third-order valence-electron chi connectivity index (χ3n) is 6.21. The van der Waals surface area contributed by atoms with E-state index in [1.807, 2.05) is 6.07 Å². The van der Waals surface area contributed by atoms with Gasteiger partial charge in [0, 0.05) is 12.0 Å². The summed E-state index contributed by atoms with van der Waals surface area (Å²) in [5.74, 6) is 0.569. The van der Waals surface area contributed by atoms with Crippen LogP contribution >= 0.6 is 0 Å². The normalized spacial score (nSPS) is 35.7. The first-order valence-corrected chi connectivity index (χ1v) is 8.26. The van der Waals surface area contributed by atoms with Gasteiger partial charge in [-0.05, 0) is 61.6 Å². The predicted molar refractivity (Wildman–Crippen MR) is 82.4 cm³/mol. The maximum absolute atomic E-state index is 14.0. The Morgan fingerprint density at radius 3 is 2.62 bits per heavy atom. The van der Waals surface area contributed by atoms with E-state index in [0.29, 0.717) is 24.9 Å². The Morgan fingerprint density at radius 2 is 2.00 bits per heavy atom. The zero-order valence-electron chi connectivity index (χ0n) is 12.9. The minimum absolute atomic E-state index is 0.183. The van der Waals surface area contributed by atoms with Crippen molar-refractivity contribution >= 4 is 0 Å². The average molecular weight is 291 g/mol. The van der Waals surface area contributed by atoms with Crippen molar-refractivity contribution in [1.82, 2.24) is 0 Å². The molecule has 0 aliphatic heterocycles. The van der Waals surface area contributed by atoms with E-state index in [1.165, 1.54) is 12.5 Å². The molecule has 3 heteroatoms. The van der Waals surface area contributed by atoms with Crippen LogP contribution in [0.3, 0.4) is 0 Å². The highest BCUT2D eigenvalue weighted by molar-refractivity contribution is 5.40. The standard InChI is InChI=1S/C18H26FNO/c1-2-13-6-9-17(12-20,10-7-13)18(21)11-8-14-15(18)4-3-5-16(14)19/h3-5,13,21H,2,6-12,20H2,1H3. The Hall–Kier alpha value is -0.930. The van der Waals surface area contributed by atoms with E-state index in [0.717, 1.165) is 37.2 Å². The fourth-order valence-corrected chi connectivity index (χ4v) is 4.62. The first kappa shape index (κ1) is 15.0. The molecule has 3 rings (SSSR count). The predicted octanol–water partition coefficient (Wildman–Crippen LogP) is 3.50.